The molecule has 0 amide bonds. The second-order valence-corrected chi connectivity index (χ2v) is 9.48. The molecule has 0 aliphatic rings. The van der Waals surface area contributed by atoms with Crippen LogP contribution in [-0.2, 0) is 10.0 Å². The molecule has 30 heavy (non-hydrogen) atoms. The van der Waals surface area contributed by atoms with Gasteiger partial charge in [0.15, 0.2) is 0 Å². The molecule has 0 aliphatic carbocycles. The lowest BCUT2D eigenvalue weighted by atomic mass is 10.0. The predicted octanol–water partition coefficient (Wildman–Crippen LogP) is 3.09. The van der Waals surface area contributed by atoms with Gasteiger partial charge in [0.25, 0.3) is 0 Å². The van der Waals surface area contributed by atoms with Gasteiger partial charge in [0.1, 0.15) is 12.1 Å². The van der Waals surface area contributed by atoms with Crippen LogP contribution in [0, 0.1) is 0 Å². The summed E-state index contributed by atoms with van der Waals surface area (Å²) in [5, 5.41) is 2.94. The average Bonchev–Trinajstić information content (AvgIpc) is 3.18. The minimum absolute atomic E-state index is 0.0133. The molecule has 3 N–H and O–H groups in total. The first-order chi connectivity index (χ1) is 14.3. The minimum atomic E-state index is -3.47. The van der Waals surface area contributed by atoms with Crippen molar-refractivity contribution in [2.45, 2.75) is 44.7 Å². The molecule has 160 valence electrons. The lowest BCUT2D eigenvalue weighted by molar-refractivity contribution is -0.709. The summed E-state index contributed by atoms with van der Waals surface area (Å²) >= 11 is 0. The molecule has 1 heterocycles. The summed E-state index contributed by atoms with van der Waals surface area (Å²) in [5.74, 6) is 0.0695. The van der Waals surface area contributed by atoms with Gasteiger partial charge in [-0.15, -0.1) is 0 Å². The lowest BCUT2D eigenvalue weighted by Gasteiger charge is -2.19. The van der Waals surface area contributed by atoms with Crippen LogP contribution in [-0.4, -0.2) is 42.6 Å². The number of nitrogens with two attached hydrogens (primary N) is 1. The Hall–Kier alpha value is -2.48. The van der Waals surface area contributed by atoms with Crippen LogP contribution in [0.15, 0.2) is 59.6 Å². The monoisotopic (exact) mass is 428 g/mol. The van der Waals surface area contributed by atoms with E-state index in [1.54, 1.807) is 18.3 Å². The van der Waals surface area contributed by atoms with Crippen molar-refractivity contribution in [1.82, 2.24) is 9.29 Å². The van der Waals surface area contributed by atoms with Gasteiger partial charge < -0.3 is 10.3 Å². The Balaban J connectivity index is 1.72. The molecule has 0 fully saturated rings. The van der Waals surface area contributed by atoms with Crippen molar-refractivity contribution in [3.8, 4) is 0 Å². The number of quaternary nitrogens is 1. The standard InChI is InChI=1S/C23H29N3O3S/c1-5-26(6-2)30(28,29)19-13-11-18(12-14-19)16(3)25-17(4)23(27)21-15-24-22-10-8-7-9-20(21)22/h7-17,24-25H,5-6H2,1-4H3/p+1/t16-,17-/m1/s1. The zero-order valence-electron chi connectivity index (χ0n) is 17.9. The number of sulfonamides is 1. The zero-order valence-corrected chi connectivity index (χ0v) is 18.7. The summed E-state index contributed by atoms with van der Waals surface area (Å²) in [6.45, 7) is 8.47. The first-order valence-corrected chi connectivity index (χ1v) is 11.8. The predicted molar refractivity (Wildman–Crippen MR) is 119 cm³/mol. The van der Waals surface area contributed by atoms with Crippen molar-refractivity contribution >= 4 is 26.7 Å². The number of hydrogen-bond donors (Lipinski definition) is 2. The van der Waals surface area contributed by atoms with Crippen LogP contribution >= 0.6 is 0 Å². The molecule has 6 nitrogen and oxygen atoms in total. The number of H-pyrrole nitrogens is 1. The number of nitrogens with zero attached hydrogens (tertiary/aromatic N) is 1. The molecule has 0 radical (unpaired) electrons. The fraction of sp³-hybridized carbons (Fsp3) is 0.348. The average molecular weight is 429 g/mol. The third-order valence-corrected chi connectivity index (χ3v) is 7.66. The van der Waals surface area contributed by atoms with E-state index in [2.05, 4.69) is 4.98 Å². The highest BCUT2D eigenvalue weighted by Crippen LogP contribution is 2.20. The number of carbonyl (C=O) groups is 1. The quantitative estimate of drug-likeness (QED) is 0.514. The van der Waals surface area contributed by atoms with E-state index in [9.17, 15) is 13.2 Å². The van der Waals surface area contributed by atoms with E-state index in [1.807, 2.05) is 69.4 Å². The highest BCUT2D eigenvalue weighted by molar-refractivity contribution is 7.89. The van der Waals surface area contributed by atoms with Gasteiger partial charge >= 0.3 is 0 Å². The van der Waals surface area contributed by atoms with Gasteiger partial charge in [-0.3, -0.25) is 4.79 Å². The highest BCUT2D eigenvalue weighted by atomic mass is 32.2. The van der Waals surface area contributed by atoms with Gasteiger partial charge in [-0.25, -0.2) is 8.42 Å². The number of nitrogens with one attached hydrogen (secondary N) is 1. The molecule has 0 saturated heterocycles. The van der Waals surface area contributed by atoms with Gasteiger partial charge in [-0.2, -0.15) is 4.31 Å². The van der Waals surface area contributed by atoms with Crippen LogP contribution in [0.1, 0.15) is 49.7 Å². The first-order valence-electron chi connectivity index (χ1n) is 10.3. The Labute approximate surface area is 178 Å². The van der Waals surface area contributed by atoms with E-state index in [0.29, 0.717) is 23.5 Å². The molecular weight excluding hydrogens is 398 g/mol. The van der Waals surface area contributed by atoms with Crippen molar-refractivity contribution < 1.29 is 18.5 Å². The number of aromatic amines is 1. The molecule has 2 aromatic carbocycles. The maximum atomic E-state index is 13.0. The molecule has 1 aromatic heterocycles. The Bertz CT molecular complexity index is 1120. The van der Waals surface area contributed by atoms with E-state index >= 15 is 0 Å². The summed E-state index contributed by atoms with van der Waals surface area (Å²) in [7, 11) is -3.47. The van der Waals surface area contributed by atoms with Gasteiger partial charge in [0, 0.05) is 41.3 Å². The van der Waals surface area contributed by atoms with Crippen LogP contribution in [0.25, 0.3) is 10.9 Å². The molecule has 0 spiro atoms. The van der Waals surface area contributed by atoms with Gasteiger partial charge in [-0.05, 0) is 32.0 Å². The summed E-state index contributed by atoms with van der Waals surface area (Å²) in [4.78, 5) is 16.4. The Morgan fingerprint density at radius 1 is 1.03 bits per heavy atom. The van der Waals surface area contributed by atoms with E-state index in [4.69, 9.17) is 0 Å². The molecule has 0 saturated carbocycles. The fourth-order valence-electron chi connectivity index (χ4n) is 3.81. The number of para-hydroxylation sites is 1. The van der Waals surface area contributed by atoms with Crippen LogP contribution in [0.4, 0.5) is 0 Å². The summed E-state index contributed by atoms with van der Waals surface area (Å²) < 4.78 is 26.7. The minimum Gasteiger partial charge on any atom is -0.360 e. The van der Waals surface area contributed by atoms with E-state index in [-0.39, 0.29) is 17.9 Å². The molecule has 0 bridgehead atoms. The summed E-state index contributed by atoms with van der Waals surface area (Å²) in [6.07, 6.45) is 1.77. The number of hydrogen-bond acceptors (Lipinski definition) is 3. The molecule has 3 aromatic rings. The van der Waals surface area contributed by atoms with Crippen molar-refractivity contribution in [2.24, 2.45) is 0 Å². The van der Waals surface area contributed by atoms with Crippen molar-refractivity contribution in [3.05, 3.63) is 65.9 Å². The maximum absolute atomic E-state index is 13.0. The molecule has 7 heteroatoms. The second-order valence-electron chi connectivity index (χ2n) is 7.54. The zero-order chi connectivity index (χ0) is 21.9. The topological polar surface area (TPSA) is 86.8 Å². The number of aromatic nitrogens is 1. The maximum Gasteiger partial charge on any atom is 0.243 e. The molecular formula is C23H30N3O3S+. The van der Waals surface area contributed by atoms with Crippen molar-refractivity contribution in [3.63, 3.8) is 0 Å². The highest BCUT2D eigenvalue weighted by Gasteiger charge is 2.25. The van der Waals surface area contributed by atoms with Crippen molar-refractivity contribution in [1.29, 1.82) is 0 Å². The van der Waals surface area contributed by atoms with E-state index in [0.717, 1.165) is 16.5 Å². The molecule has 0 aliphatic heterocycles. The molecule has 0 unspecified atom stereocenters. The van der Waals surface area contributed by atoms with Gasteiger partial charge in [0.2, 0.25) is 15.8 Å². The van der Waals surface area contributed by atoms with Crippen LogP contribution in [0.2, 0.25) is 0 Å². The summed E-state index contributed by atoms with van der Waals surface area (Å²) in [5.41, 5.74) is 2.63. The normalized spacial score (nSPS) is 14.2. The van der Waals surface area contributed by atoms with Crippen LogP contribution < -0.4 is 5.32 Å². The Morgan fingerprint density at radius 2 is 1.67 bits per heavy atom. The SMILES string of the molecule is CCN(CC)S(=O)(=O)c1ccc([C@@H](C)[NH2+][C@H](C)C(=O)c2c[nH]c3ccccc23)cc1. The number of fused-ring (bicyclic) bond motifs is 1. The van der Waals surface area contributed by atoms with Crippen molar-refractivity contribution in [2.75, 3.05) is 13.1 Å². The molecule has 3 rings (SSSR count). The third kappa shape index (κ3) is 4.33. The largest absolute Gasteiger partial charge is 0.360 e. The number of ketones is 1. The lowest BCUT2D eigenvalue weighted by Crippen LogP contribution is -2.91. The third-order valence-electron chi connectivity index (χ3n) is 5.59. The van der Waals surface area contributed by atoms with Gasteiger partial charge in [-0.1, -0.05) is 44.2 Å². The molecule has 2 atom stereocenters. The second kappa shape index (κ2) is 9.12. The van der Waals surface area contributed by atoms with Crippen LogP contribution in [0.5, 0.6) is 0 Å². The Kier molecular flexibility index (Phi) is 6.75. The number of Topliss-reactive ketones (excluding diaryl/α,β-unsaturated/α-hetero) is 1. The number of rotatable bonds is 9. The number of benzene rings is 2. The van der Waals surface area contributed by atoms with E-state index in [1.165, 1.54) is 4.31 Å². The first kappa shape index (κ1) is 22.2. The Morgan fingerprint density at radius 3 is 2.30 bits per heavy atom. The van der Waals surface area contributed by atoms with Gasteiger partial charge in [0.05, 0.1) is 4.90 Å². The van der Waals surface area contributed by atoms with Crippen LogP contribution in [0.3, 0.4) is 0 Å². The number of carbonyl (C=O) groups excluding carboxylic acids is 1. The van der Waals surface area contributed by atoms with E-state index < -0.39 is 10.0 Å². The smallest absolute Gasteiger partial charge is 0.243 e. The summed E-state index contributed by atoms with van der Waals surface area (Å²) in [6, 6.07) is 14.5. The fourth-order valence-corrected chi connectivity index (χ4v) is 5.27.